The fourth-order valence-corrected chi connectivity index (χ4v) is 4.11. The maximum atomic E-state index is 12.3. The zero-order valence-electron chi connectivity index (χ0n) is 8.65. The summed E-state index contributed by atoms with van der Waals surface area (Å²) in [6.07, 6.45) is 1.12. The molecule has 6 heteroatoms. The molecule has 1 aromatic heterocycles. The van der Waals surface area contributed by atoms with E-state index in [0.717, 1.165) is 17.6 Å². The van der Waals surface area contributed by atoms with Crippen molar-refractivity contribution in [3.8, 4) is 0 Å². The second-order valence-corrected chi connectivity index (χ2v) is 6.29. The standard InChI is InChI=1S/C11H9NO3S2/c13-12-8-9-6-7-16-11(9)17(14,15)10-4-2-1-3-5-10/h1-8,13H. The number of hydrogen-bond acceptors (Lipinski definition) is 5. The summed E-state index contributed by atoms with van der Waals surface area (Å²) in [5.41, 5.74) is 0.390. The lowest BCUT2D eigenvalue weighted by Crippen LogP contribution is -2.02. The van der Waals surface area contributed by atoms with Gasteiger partial charge in [0.1, 0.15) is 4.21 Å². The first-order valence-corrected chi connectivity index (χ1v) is 7.07. The summed E-state index contributed by atoms with van der Waals surface area (Å²) in [6, 6.07) is 9.76. The maximum Gasteiger partial charge on any atom is 0.216 e. The third-order valence-corrected chi connectivity index (χ3v) is 5.44. The van der Waals surface area contributed by atoms with Gasteiger partial charge in [-0.25, -0.2) is 8.42 Å². The molecule has 1 heterocycles. The zero-order valence-corrected chi connectivity index (χ0v) is 10.3. The van der Waals surface area contributed by atoms with Crippen molar-refractivity contribution in [1.29, 1.82) is 0 Å². The Kier molecular flexibility index (Phi) is 3.26. The second kappa shape index (κ2) is 4.68. The lowest BCUT2D eigenvalue weighted by atomic mass is 10.4. The molecule has 0 saturated heterocycles. The molecule has 0 bridgehead atoms. The van der Waals surface area contributed by atoms with Crippen LogP contribution in [0.5, 0.6) is 0 Å². The van der Waals surface area contributed by atoms with Crippen molar-refractivity contribution >= 4 is 27.4 Å². The summed E-state index contributed by atoms with van der Waals surface area (Å²) < 4.78 is 24.7. The van der Waals surface area contributed by atoms with Crippen LogP contribution < -0.4 is 0 Å². The first-order valence-electron chi connectivity index (χ1n) is 4.71. The molecule has 1 N–H and O–H groups in total. The van der Waals surface area contributed by atoms with Gasteiger partial charge < -0.3 is 5.21 Å². The Bertz CT molecular complexity index is 630. The molecule has 0 radical (unpaired) electrons. The van der Waals surface area contributed by atoms with Crippen molar-refractivity contribution < 1.29 is 13.6 Å². The van der Waals surface area contributed by atoms with Gasteiger partial charge in [0.15, 0.2) is 0 Å². The summed E-state index contributed by atoms with van der Waals surface area (Å²) in [5, 5.41) is 13.0. The highest BCUT2D eigenvalue weighted by atomic mass is 32.2. The summed E-state index contributed by atoms with van der Waals surface area (Å²) in [4.78, 5) is 0.232. The Morgan fingerprint density at radius 2 is 1.88 bits per heavy atom. The second-order valence-electron chi connectivity index (χ2n) is 3.22. The van der Waals surface area contributed by atoms with Crippen molar-refractivity contribution in [2.45, 2.75) is 9.10 Å². The van der Waals surface area contributed by atoms with Gasteiger partial charge in [0.05, 0.1) is 11.1 Å². The van der Waals surface area contributed by atoms with E-state index in [2.05, 4.69) is 5.16 Å². The summed E-state index contributed by atoms with van der Waals surface area (Å²) in [6.45, 7) is 0. The number of benzene rings is 1. The van der Waals surface area contributed by atoms with Crippen molar-refractivity contribution in [3.05, 3.63) is 47.3 Å². The number of thiophene rings is 1. The largest absolute Gasteiger partial charge is 0.411 e. The Labute approximate surface area is 103 Å². The van der Waals surface area contributed by atoms with E-state index in [-0.39, 0.29) is 9.10 Å². The van der Waals surface area contributed by atoms with Gasteiger partial charge in [-0.15, -0.1) is 11.3 Å². The van der Waals surface area contributed by atoms with Gasteiger partial charge in [-0.1, -0.05) is 23.4 Å². The van der Waals surface area contributed by atoms with Crippen LogP contribution in [0.3, 0.4) is 0 Å². The van der Waals surface area contributed by atoms with Crippen molar-refractivity contribution in [2.24, 2.45) is 5.16 Å². The number of sulfone groups is 1. The Morgan fingerprint density at radius 1 is 1.18 bits per heavy atom. The van der Waals surface area contributed by atoms with Crippen molar-refractivity contribution in [2.75, 3.05) is 0 Å². The van der Waals surface area contributed by atoms with Crippen molar-refractivity contribution in [3.63, 3.8) is 0 Å². The average molecular weight is 267 g/mol. The molecule has 88 valence electrons. The Balaban J connectivity index is 2.57. The van der Waals surface area contributed by atoms with Crippen LogP contribution in [-0.2, 0) is 9.84 Å². The van der Waals surface area contributed by atoms with Crippen LogP contribution >= 0.6 is 11.3 Å². The highest BCUT2D eigenvalue weighted by molar-refractivity contribution is 7.93. The SMILES string of the molecule is O=S(=O)(c1ccccc1)c1sccc1C=NO. The minimum atomic E-state index is -3.53. The van der Waals surface area contributed by atoms with Gasteiger partial charge in [0, 0.05) is 5.56 Å². The molecule has 0 aliphatic carbocycles. The minimum Gasteiger partial charge on any atom is -0.411 e. The van der Waals surface area contributed by atoms with E-state index >= 15 is 0 Å². The zero-order chi connectivity index (χ0) is 12.3. The van der Waals surface area contributed by atoms with E-state index in [4.69, 9.17) is 5.21 Å². The molecule has 4 nitrogen and oxygen atoms in total. The van der Waals surface area contributed by atoms with Crippen LogP contribution in [-0.4, -0.2) is 19.8 Å². The van der Waals surface area contributed by atoms with Crippen LogP contribution in [0.25, 0.3) is 0 Å². The van der Waals surface area contributed by atoms with E-state index in [9.17, 15) is 8.42 Å². The topological polar surface area (TPSA) is 66.7 Å². The molecule has 2 aromatic rings. The first kappa shape index (κ1) is 11.8. The molecule has 0 aliphatic heterocycles. The smallest absolute Gasteiger partial charge is 0.216 e. The number of oxime groups is 1. The van der Waals surface area contributed by atoms with Crippen LogP contribution in [0.2, 0.25) is 0 Å². The third-order valence-electron chi connectivity index (χ3n) is 2.15. The molecule has 0 aliphatic rings. The molecule has 0 saturated carbocycles. The predicted molar refractivity (Wildman–Crippen MR) is 65.6 cm³/mol. The monoisotopic (exact) mass is 267 g/mol. The fourth-order valence-electron chi connectivity index (χ4n) is 1.39. The van der Waals surface area contributed by atoms with Gasteiger partial charge in [0.25, 0.3) is 0 Å². The molecule has 1 aromatic carbocycles. The highest BCUT2D eigenvalue weighted by Crippen LogP contribution is 2.27. The van der Waals surface area contributed by atoms with Gasteiger partial charge in [-0.05, 0) is 23.6 Å². The van der Waals surface area contributed by atoms with E-state index in [1.54, 1.807) is 29.6 Å². The molecule has 17 heavy (non-hydrogen) atoms. The quantitative estimate of drug-likeness (QED) is 0.527. The molecule has 0 unspecified atom stereocenters. The summed E-state index contributed by atoms with van der Waals surface area (Å²) in [7, 11) is -3.53. The Hall–Kier alpha value is -1.66. The summed E-state index contributed by atoms with van der Waals surface area (Å²) in [5.74, 6) is 0. The maximum absolute atomic E-state index is 12.3. The number of rotatable bonds is 3. The van der Waals surface area contributed by atoms with Gasteiger partial charge >= 0.3 is 0 Å². The fraction of sp³-hybridized carbons (Fsp3) is 0. The number of nitrogens with zero attached hydrogens (tertiary/aromatic N) is 1. The van der Waals surface area contributed by atoms with Crippen molar-refractivity contribution in [1.82, 2.24) is 0 Å². The van der Waals surface area contributed by atoms with Crippen LogP contribution in [0, 0.1) is 0 Å². The lowest BCUT2D eigenvalue weighted by Gasteiger charge is -2.02. The van der Waals surface area contributed by atoms with Crippen LogP contribution in [0.1, 0.15) is 5.56 Å². The van der Waals surface area contributed by atoms with Crippen LogP contribution in [0.15, 0.2) is 56.0 Å². The van der Waals surface area contributed by atoms with Gasteiger partial charge in [-0.2, -0.15) is 0 Å². The molecule has 0 fully saturated rings. The molecular formula is C11H9NO3S2. The molecule has 0 atom stereocenters. The first-order chi connectivity index (χ1) is 8.16. The van der Waals surface area contributed by atoms with E-state index < -0.39 is 9.84 Å². The average Bonchev–Trinajstić information content (AvgIpc) is 2.80. The predicted octanol–water partition coefficient (Wildman–Crippen LogP) is 2.39. The van der Waals surface area contributed by atoms with Gasteiger partial charge in [-0.3, -0.25) is 0 Å². The third kappa shape index (κ3) is 2.22. The molecule has 0 amide bonds. The highest BCUT2D eigenvalue weighted by Gasteiger charge is 2.21. The molecule has 0 spiro atoms. The minimum absolute atomic E-state index is 0.182. The van der Waals surface area contributed by atoms with Crippen LogP contribution in [0.4, 0.5) is 0 Å². The van der Waals surface area contributed by atoms with E-state index in [1.807, 2.05) is 0 Å². The summed E-state index contributed by atoms with van der Waals surface area (Å²) >= 11 is 1.10. The van der Waals surface area contributed by atoms with Gasteiger partial charge in [0.2, 0.25) is 9.84 Å². The van der Waals surface area contributed by atoms with E-state index in [0.29, 0.717) is 5.56 Å². The number of hydrogen-bond donors (Lipinski definition) is 1. The lowest BCUT2D eigenvalue weighted by molar-refractivity contribution is 0.322. The Morgan fingerprint density at radius 3 is 2.53 bits per heavy atom. The normalized spacial score (nSPS) is 12.0. The molecular weight excluding hydrogens is 258 g/mol. The van der Waals surface area contributed by atoms with E-state index in [1.165, 1.54) is 12.1 Å². The molecule has 2 rings (SSSR count).